The van der Waals surface area contributed by atoms with Crippen LogP contribution in [-0.2, 0) is 14.8 Å². The summed E-state index contributed by atoms with van der Waals surface area (Å²) in [6.45, 7) is 8.02. The normalized spacial score (nSPS) is 15.4. The van der Waals surface area contributed by atoms with Gasteiger partial charge in [-0.15, -0.1) is 0 Å². The monoisotopic (exact) mass is 530 g/mol. The number of sulfonamides is 1. The predicted molar refractivity (Wildman–Crippen MR) is 144 cm³/mol. The molecule has 0 unspecified atom stereocenters. The number of rotatable bonds is 10. The number of likely N-dealkylation sites (N-methyl/N-ethyl adjacent to an activating group) is 1. The molecule has 1 aliphatic rings. The lowest BCUT2D eigenvalue weighted by molar-refractivity contribution is -0.123. The highest BCUT2D eigenvalue weighted by atomic mass is 32.2. The Kier molecular flexibility index (Phi) is 8.61. The van der Waals surface area contributed by atoms with E-state index in [-0.39, 0.29) is 16.7 Å². The van der Waals surface area contributed by atoms with Crippen LogP contribution in [0, 0.1) is 5.92 Å². The number of methoxy groups -OCH3 is 1. The van der Waals surface area contributed by atoms with E-state index in [1.165, 1.54) is 15.6 Å². The molecule has 0 saturated carbocycles. The number of carbonyl (C=O) groups is 1. The van der Waals surface area contributed by atoms with Gasteiger partial charge in [0.15, 0.2) is 5.13 Å². The smallest absolute Gasteiger partial charge is 0.243 e. The second kappa shape index (κ2) is 11.7. The van der Waals surface area contributed by atoms with E-state index in [1.807, 2.05) is 29.2 Å². The Hall–Kier alpha value is -2.53. The van der Waals surface area contributed by atoms with Crippen LogP contribution in [0.2, 0.25) is 0 Å². The van der Waals surface area contributed by atoms with Gasteiger partial charge in [0, 0.05) is 32.1 Å². The summed E-state index contributed by atoms with van der Waals surface area (Å²) in [6.07, 6.45) is 0.974. The van der Waals surface area contributed by atoms with Crippen LogP contribution < -0.4 is 9.64 Å². The molecule has 0 aliphatic carbocycles. The average Bonchev–Trinajstić information content (AvgIpc) is 3.35. The van der Waals surface area contributed by atoms with Crippen molar-refractivity contribution in [2.45, 2.75) is 31.6 Å². The second-order valence-electron chi connectivity index (χ2n) is 8.83. The molecule has 1 amide bonds. The molecule has 4 rings (SSSR count). The number of anilines is 1. The molecule has 1 aromatic heterocycles. The van der Waals surface area contributed by atoms with E-state index in [0.29, 0.717) is 43.4 Å². The zero-order chi connectivity index (χ0) is 25.7. The molecular weight excluding hydrogens is 496 g/mol. The summed E-state index contributed by atoms with van der Waals surface area (Å²) >= 11 is 1.53. The Morgan fingerprint density at radius 2 is 1.72 bits per heavy atom. The van der Waals surface area contributed by atoms with Gasteiger partial charge in [0.2, 0.25) is 15.9 Å². The number of para-hydroxylation sites is 1. The minimum absolute atomic E-state index is 0.0303. The predicted octanol–water partition coefficient (Wildman–Crippen LogP) is 4.08. The number of nitrogens with zero attached hydrogens (tertiary/aromatic N) is 4. The van der Waals surface area contributed by atoms with Gasteiger partial charge in [-0.05, 0) is 62.3 Å². The minimum atomic E-state index is -3.62. The van der Waals surface area contributed by atoms with Crippen molar-refractivity contribution in [1.29, 1.82) is 0 Å². The molecule has 0 spiro atoms. The molecule has 8 nitrogen and oxygen atoms in total. The molecule has 0 radical (unpaired) electrons. The lowest BCUT2D eigenvalue weighted by atomic mass is 9.96. The first kappa shape index (κ1) is 26.5. The van der Waals surface area contributed by atoms with Gasteiger partial charge in [0.1, 0.15) is 5.75 Å². The molecule has 1 fully saturated rings. The zero-order valence-electron chi connectivity index (χ0n) is 21.1. The molecule has 3 aromatic rings. The van der Waals surface area contributed by atoms with Gasteiger partial charge in [-0.3, -0.25) is 9.69 Å². The third-order valence-corrected chi connectivity index (χ3v) is 9.79. The van der Waals surface area contributed by atoms with Crippen molar-refractivity contribution in [2.24, 2.45) is 5.92 Å². The number of ether oxygens (including phenoxy) is 1. The van der Waals surface area contributed by atoms with Gasteiger partial charge >= 0.3 is 0 Å². The van der Waals surface area contributed by atoms with E-state index in [4.69, 9.17) is 9.72 Å². The van der Waals surface area contributed by atoms with Crippen molar-refractivity contribution in [3.63, 3.8) is 0 Å². The largest absolute Gasteiger partial charge is 0.497 e. The number of fused-ring (bicyclic) bond motifs is 1. The van der Waals surface area contributed by atoms with Crippen LogP contribution in [0.5, 0.6) is 5.75 Å². The number of benzene rings is 2. The Balaban J connectivity index is 1.48. The fraction of sp³-hybridized carbons (Fsp3) is 0.462. The summed E-state index contributed by atoms with van der Waals surface area (Å²) in [5.41, 5.74) is 0.888. The fourth-order valence-corrected chi connectivity index (χ4v) is 6.98. The number of hydrogen-bond acceptors (Lipinski definition) is 7. The van der Waals surface area contributed by atoms with Crippen LogP contribution in [0.25, 0.3) is 10.2 Å². The molecule has 0 atom stereocenters. The van der Waals surface area contributed by atoms with E-state index in [2.05, 4.69) is 18.7 Å². The maximum absolute atomic E-state index is 13.8. The van der Waals surface area contributed by atoms with Gasteiger partial charge in [0.05, 0.1) is 22.2 Å². The van der Waals surface area contributed by atoms with E-state index >= 15 is 0 Å². The first-order chi connectivity index (χ1) is 17.4. The molecule has 2 aromatic carbocycles. The van der Waals surface area contributed by atoms with Gasteiger partial charge in [-0.2, -0.15) is 4.31 Å². The van der Waals surface area contributed by atoms with Gasteiger partial charge < -0.3 is 9.64 Å². The summed E-state index contributed by atoms with van der Waals surface area (Å²) < 4.78 is 33.9. The van der Waals surface area contributed by atoms with Crippen molar-refractivity contribution in [2.75, 3.05) is 51.3 Å². The van der Waals surface area contributed by atoms with Gasteiger partial charge in [-0.1, -0.05) is 37.3 Å². The van der Waals surface area contributed by atoms with Crippen LogP contribution in [0.4, 0.5) is 5.13 Å². The number of carbonyl (C=O) groups excluding carboxylic acids is 1. The lowest BCUT2D eigenvalue weighted by Gasteiger charge is -2.33. The quantitative estimate of drug-likeness (QED) is 0.393. The molecule has 10 heteroatoms. The topological polar surface area (TPSA) is 83.0 Å². The van der Waals surface area contributed by atoms with E-state index in [9.17, 15) is 13.2 Å². The molecule has 1 saturated heterocycles. The molecule has 194 valence electrons. The van der Waals surface area contributed by atoms with E-state index in [1.54, 1.807) is 31.4 Å². The summed E-state index contributed by atoms with van der Waals surface area (Å²) in [4.78, 5) is 22.9. The number of thiazole rings is 1. The van der Waals surface area contributed by atoms with Crippen LogP contribution in [0.15, 0.2) is 53.4 Å². The maximum atomic E-state index is 13.8. The number of piperidine rings is 1. The molecule has 0 N–H and O–H groups in total. The number of amides is 1. The first-order valence-electron chi connectivity index (χ1n) is 12.4. The van der Waals surface area contributed by atoms with E-state index < -0.39 is 10.0 Å². The van der Waals surface area contributed by atoms with Crippen LogP contribution in [-0.4, -0.2) is 74.9 Å². The highest BCUT2D eigenvalue weighted by Gasteiger charge is 2.35. The third-order valence-electron chi connectivity index (χ3n) is 6.81. The second-order valence-corrected chi connectivity index (χ2v) is 11.8. The van der Waals surface area contributed by atoms with Crippen LogP contribution in [0.3, 0.4) is 0 Å². The maximum Gasteiger partial charge on any atom is 0.243 e. The summed E-state index contributed by atoms with van der Waals surface area (Å²) in [5.74, 6) is 0.400. The third kappa shape index (κ3) is 5.72. The molecule has 2 heterocycles. The SMILES string of the molecule is CCN(CC)CCN(C(=O)C1CCN(S(=O)(=O)c2ccc(OC)cc2)CC1)c1nc2ccccc2s1. The minimum Gasteiger partial charge on any atom is -0.497 e. The number of hydrogen-bond donors (Lipinski definition) is 0. The molecule has 36 heavy (non-hydrogen) atoms. The Morgan fingerprint density at radius 1 is 1.06 bits per heavy atom. The average molecular weight is 531 g/mol. The highest BCUT2D eigenvalue weighted by molar-refractivity contribution is 7.89. The highest BCUT2D eigenvalue weighted by Crippen LogP contribution is 2.32. The van der Waals surface area contributed by atoms with Crippen molar-refractivity contribution >= 4 is 42.6 Å². The molecular formula is C26H34N4O4S2. The van der Waals surface area contributed by atoms with Crippen molar-refractivity contribution in [3.05, 3.63) is 48.5 Å². The van der Waals surface area contributed by atoms with Crippen molar-refractivity contribution in [3.8, 4) is 5.75 Å². The fourth-order valence-electron chi connectivity index (χ4n) is 4.52. The van der Waals surface area contributed by atoms with Gasteiger partial charge in [0.25, 0.3) is 0 Å². The van der Waals surface area contributed by atoms with E-state index in [0.717, 1.165) is 29.9 Å². The lowest BCUT2D eigenvalue weighted by Crippen LogP contribution is -2.46. The number of aromatic nitrogens is 1. The summed E-state index contributed by atoms with van der Waals surface area (Å²) in [7, 11) is -2.07. The van der Waals surface area contributed by atoms with Crippen molar-refractivity contribution in [1.82, 2.24) is 14.2 Å². The zero-order valence-corrected chi connectivity index (χ0v) is 22.7. The standard InChI is InChI=1S/C26H34N4O4S2/c1-4-28(5-2)18-19-30(26-27-23-8-6-7-9-24(23)35-26)25(31)20-14-16-29(17-15-20)36(32,33)22-12-10-21(34-3)11-13-22/h6-13,20H,4-5,14-19H2,1-3H3. The Labute approximate surface area is 217 Å². The van der Waals surface area contributed by atoms with Crippen LogP contribution >= 0.6 is 11.3 Å². The Bertz CT molecular complexity index is 1230. The molecule has 0 bridgehead atoms. The van der Waals surface area contributed by atoms with Crippen molar-refractivity contribution < 1.29 is 17.9 Å². The Morgan fingerprint density at radius 3 is 2.33 bits per heavy atom. The van der Waals surface area contributed by atoms with Gasteiger partial charge in [-0.25, -0.2) is 13.4 Å². The first-order valence-corrected chi connectivity index (χ1v) is 14.7. The van der Waals surface area contributed by atoms with Crippen LogP contribution in [0.1, 0.15) is 26.7 Å². The summed E-state index contributed by atoms with van der Waals surface area (Å²) in [6, 6.07) is 14.3. The summed E-state index contributed by atoms with van der Waals surface area (Å²) in [5, 5.41) is 0.710. The molecule has 1 aliphatic heterocycles.